The fourth-order valence-corrected chi connectivity index (χ4v) is 3.87. The van der Waals surface area contributed by atoms with Gasteiger partial charge in [0.05, 0.1) is 38.6 Å². The average Bonchev–Trinajstić information content (AvgIpc) is 3.41. The third kappa shape index (κ3) is 3.83. The summed E-state index contributed by atoms with van der Waals surface area (Å²) in [5.74, 6) is -0.476. The molecule has 1 saturated heterocycles. The zero-order valence-electron chi connectivity index (χ0n) is 17.4. The quantitative estimate of drug-likeness (QED) is 0.334. The second-order valence-corrected chi connectivity index (χ2v) is 7.56. The largest absolute Gasteiger partial charge is 0.507 e. The Morgan fingerprint density at radius 2 is 1.78 bits per heavy atom. The second-order valence-electron chi connectivity index (χ2n) is 7.13. The van der Waals surface area contributed by atoms with E-state index >= 15 is 0 Å². The van der Waals surface area contributed by atoms with Gasteiger partial charge in [-0.15, -0.1) is 0 Å². The van der Waals surface area contributed by atoms with Gasteiger partial charge in [0.1, 0.15) is 11.5 Å². The minimum atomic E-state index is -0.828. The number of aliphatic hydroxyl groups is 1. The van der Waals surface area contributed by atoms with Gasteiger partial charge in [0.25, 0.3) is 11.7 Å². The molecule has 0 radical (unpaired) electrons. The van der Waals surface area contributed by atoms with Crippen molar-refractivity contribution in [3.63, 3.8) is 0 Å². The molecule has 4 rings (SSSR count). The second kappa shape index (κ2) is 8.80. The molecule has 0 bridgehead atoms. The summed E-state index contributed by atoms with van der Waals surface area (Å²) in [7, 11) is 2.97. The van der Waals surface area contributed by atoms with Crippen LogP contribution in [0.15, 0.2) is 70.9 Å². The smallest absolute Gasteiger partial charge is 0.296 e. The van der Waals surface area contributed by atoms with Crippen molar-refractivity contribution in [2.75, 3.05) is 14.2 Å². The van der Waals surface area contributed by atoms with E-state index in [2.05, 4.69) is 0 Å². The molecule has 3 aromatic rings. The van der Waals surface area contributed by atoms with E-state index in [-0.39, 0.29) is 17.9 Å². The van der Waals surface area contributed by atoms with Gasteiger partial charge < -0.3 is 23.9 Å². The number of carbonyl (C=O) groups is 2. The summed E-state index contributed by atoms with van der Waals surface area (Å²) in [4.78, 5) is 27.4. The molecule has 8 heteroatoms. The van der Waals surface area contributed by atoms with E-state index in [4.69, 9.17) is 25.5 Å². The molecular formula is C24H20ClNO6. The summed E-state index contributed by atoms with van der Waals surface area (Å²) in [6, 6.07) is 14.1. The lowest BCUT2D eigenvalue weighted by Crippen LogP contribution is -2.29. The lowest BCUT2D eigenvalue weighted by Gasteiger charge is -2.24. The third-order valence-electron chi connectivity index (χ3n) is 5.29. The van der Waals surface area contributed by atoms with Gasteiger partial charge >= 0.3 is 0 Å². The molecule has 1 aliphatic heterocycles. The third-order valence-corrected chi connectivity index (χ3v) is 5.54. The summed E-state index contributed by atoms with van der Waals surface area (Å²) in [5, 5.41) is 11.7. The maximum Gasteiger partial charge on any atom is 0.296 e. The normalized spacial score (nSPS) is 17.6. The van der Waals surface area contributed by atoms with Crippen LogP contribution in [0.3, 0.4) is 0 Å². The minimum Gasteiger partial charge on any atom is -0.507 e. The molecule has 32 heavy (non-hydrogen) atoms. The van der Waals surface area contributed by atoms with E-state index < -0.39 is 17.7 Å². The van der Waals surface area contributed by atoms with Crippen molar-refractivity contribution in [3.05, 3.63) is 88.3 Å². The minimum absolute atomic E-state index is 0.0314. The number of amides is 1. The summed E-state index contributed by atoms with van der Waals surface area (Å²) < 4.78 is 15.9. The number of likely N-dealkylation sites (tertiary alicyclic amines) is 1. The number of Topliss-reactive ketones (excluding diaryl/α,β-unsaturated/α-hetero) is 1. The number of furan rings is 1. The van der Waals surface area contributed by atoms with E-state index in [1.54, 1.807) is 54.6 Å². The zero-order chi connectivity index (χ0) is 22.8. The van der Waals surface area contributed by atoms with Crippen LogP contribution in [0, 0.1) is 0 Å². The van der Waals surface area contributed by atoms with Crippen LogP contribution in [-0.4, -0.2) is 35.9 Å². The Bertz CT molecular complexity index is 1180. The van der Waals surface area contributed by atoms with Crippen molar-refractivity contribution in [3.8, 4) is 11.5 Å². The Balaban J connectivity index is 1.87. The number of halogens is 1. The number of carbonyl (C=O) groups excluding carboxylic acids is 2. The van der Waals surface area contributed by atoms with E-state index in [0.29, 0.717) is 33.4 Å². The fourth-order valence-electron chi connectivity index (χ4n) is 3.74. The number of benzene rings is 2. The van der Waals surface area contributed by atoms with Gasteiger partial charge in [0.2, 0.25) is 0 Å². The highest BCUT2D eigenvalue weighted by molar-refractivity contribution is 6.46. The number of hydrogen-bond donors (Lipinski definition) is 1. The maximum atomic E-state index is 13.1. The van der Waals surface area contributed by atoms with E-state index in [1.165, 1.54) is 25.4 Å². The van der Waals surface area contributed by atoms with Crippen molar-refractivity contribution in [1.82, 2.24) is 4.90 Å². The summed E-state index contributed by atoms with van der Waals surface area (Å²) >= 11 is 6.03. The first-order chi connectivity index (χ1) is 15.4. The highest BCUT2D eigenvalue weighted by Gasteiger charge is 2.46. The lowest BCUT2D eigenvalue weighted by molar-refractivity contribution is -0.140. The number of nitrogens with zero attached hydrogens (tertiary/aromatic N) is 1. The van der Waals surface area contributed by atoms with Crippen molar-refractivity contribution >= 4 is 29.1 Å². The molecule has 7 nitrogen and oxygen atoms in total. The van der Waals surface area contributed by atoms with Gasteiger partial charge in [0.15, 0.2) is 11.5 Å². The maximum absolute atomic E-state index is 13.1. The predicted octanol–water partition coefficient (Wildman–Crippen LogP) is 4.57. The van der Waals surface area contributed by atoms with Gasteiger partial charge in [0, 0.05) is 10.6 Å². The average molecular weight is 454 g/mol. The standard InChI is InChI=1S/C24H20ClNO6/c1-30-18-10-7-15(12-19(18)31-2)22(27)20-21(14-5-8-16(25)9-6-14)26(24(29)23(20)28)13-17-4-3-11-32-17/h3-12,21,27H,13H2,1-2H3/t21-/m1/s1. The molecular weight excluding hydrogens is 434 g/mol. The highest BCUT2D eigenvalue weighted by atomic mass is 35.5. The Labute approximate surface area is 189 Å². The van der Waals surface area contributed by atoms with Crippen LogP contribution in [0.25, 0.3) is 5.76 Å². The molecule has 2 heterocycles. The van der Waals surface area contributed by atoms with Crippen molar-refractivity contribution in [2.24, 2.45) is 0 Å². The molecule has 164 valence electrons. The van der Waals surface area contributed by atoms with Crippen molar-refractivity contribution in [2.45, 2.75) is 12.6 Å². The summed E-state index contributed by atoms with van der Waals surface area (Å²) in [6.45, 7) is 0.0631. The SMILES string of the molecule is COc1ccc(C(O)=C2C(=O)C(=O)N(Cc3ccco3)[C@@H]2c2ccc(Cl)cc2)cc1OC. The van der Waals surface area contributed by atoms with Gasteiger partial charge in [-0.1, -0.05) is 23.7 Å². The number of rotatable bonds is 6. The molecule has 1 aromatic heterocycles. The molecule has 1 fully saturated rings. The highest BCUT2D eigenvalue weighted by Crippen LogP contribution is 2.41. The Hall–Kier alpha value is -3.71. The number of methoxy groups -OCH3 is 2. The first-order valence-corrected chi connectivity index (χ1v) is 10.1. The number of ketones is 1. The molecule has 1 atom stereocenters. The van der Waals surface area contributed by atoms with Gasteiger partial charge in [-0.05, 0) is 48.0 Å². The number of ether oxygens (including phenoxy) is 2. The first-order valence-electron chi connectivity index (χ1n) is 9.73. The van der Waals surface area contributed by atoms with Crippen LogP contribution in [0.2, 0.25) is 5.02 Å². The molecule has 2 aromatic carbocycles. The Kier molecular flexibility index (Phi) is 5.92. The molecule has 0 spiro atoms. The van der Waals surface area contributed by atoms with Crippen LogP contribution in [0.4, 0.5) is 0 Å². The van der Waals surface area contributed by atoms with E-state index in [1.807, 2.05) is 0 Å². The van der Waals surface area contributed by atoms with Crippen LogP contribution < -0.4 is 9.47 Å². The van der Waals surface area contributed by atoms with E-state index in [9.17, 15) is 14.7 Å². The van der Waals surface area contributed by atoms with Gasteiger partial charge in [-0.25, -0.2) is 0 Å². The predicted molar refractivity (Wildman–Crippen MR) is 118 cm³/mol. The molecule has 1 N–H and O–H groups in total. The molecule has 1 amide bonds. The molecule has 1 aliphatic rings. The summed E-state index contributed by atoms with van der Waals surface area (Å²) in [6.07, 6.45) is 1.49. The van der Waals surface area contributed by atoms with Crippen LogP contribution >= 0.6 is 11.6 Å². The van der Waals surface area contributed by atoms with Crippen LogP contribution in [-0.2, 0) is 16.1 Å². The molecule has 0 unspecified atom stereocenters. The zero-order valence-corrected chi connectivity index (χ0v) is 18.1. The lowest BCUT2D eigenvalue weighted by atomic mass is 9.95. The van der Waals surface area contributed by atoms with Gasteiger partial charge in [-0.2, -0.15) is 0 Å². The Morgan fingerprint density at radius 1 is 1.06 bits per heavy atom. The van der Waals surface area contributed by atoms with Crippen LogP contribution in [0.1, 0.15) is 22.9 Å². The monoisotopic (exact) mass is 453 g/mol. The van der Waals surface area contributed by atoms with Crippen molar-refractivity contribution < 1.29 is 28.6 Å². The molecule has 0 aliphatic carbocycles. The van der Waals surface area contributed by atoms with Gasteiger partial charge in [-0.3, -0.25) is 9.59 Å². The van der Waals surface area contributed by atoms with E-state index in [0.717, 1.165) is 0 Å². The van der Waals surface area contributed by atoms with Crippen LogP contribution in [0.5, 0.6) is 11.5 Å². The molecule has 0 saturated carbocycles. The Morgan fingerprint density at radius 3 is 2.41 bits per heavy atom. The fraction of sp³-hybridized carbons (Fsp3) is 0.167. The topological polar surface area (TPSA) is 89.2 Å². The summed E-state index contributed by atoms with van der Waals surface area (Å²) in [5.41, 5.74) is 0.913. The first kappa shape index (κ1) is 21.5. The number of hydrogen-bond acceptors (Lipinski definition) is 6. The van der Waals surface area contributed by atoms with Crippen molar-refractivity contribution in [1.29, 1.82) is 0 Å². The number of aliphatic hydroxyl groups excluding tert-OH is 1.